The number of fused-ring (bicyclic) bond motifs is 3. The molecule has 0 aromatic heterocycles. The fourth-order valence-corrected chi connectivity index (χ4v) is 2.96. The van der Waals surface area contributed by atoms with Crippen molar-refractivity contribution in [1.29, 1.82) is 0 Å². The van der Waals surface area contributed by atoms with E-state index in [1.807, 2.05) is 0 Å². The molecule has 0 heterocycles. The quantitative estimate of drug-likeness (QED) is 0.558. The first-order valence-electron chi connectivity index (χ1n) is 5.09. The fraction of sp³-hybridized carbons (Fsp3) is 0.0667. The van der Waals surface area contributed by atoms with Crippen molar-refractivity contribution in [2.75, 3.05) is 0 Å². The Labute approximate surface area is 133 Å². The van der Waals surface area contributed by atoms with E-state index < -0.39 is 0 Å². The summed E-state index contributed by atoms with van der Waals surface area (Å²) >= 11 is 2.82. The minimum absolute atomic E-state index is 0. The van der Waals surface area contributed by atoms with Crippen LogP contribution in [0.15, 0.2) is 48.5 Å². The van der Waals surface area contributed by atoms with Gasteiger partial charge in [0.05, 0.1) is 0 Å². The molecule has 4 heteroatoms. The van der Waals surface area contributed by atoms with Crippen molar-refractivity contribution < 1.29 is 44.9 Å². The molecule has 0 bridgehead atoms. The van der Waals surface area contributed by atoms with Crippen LogP contribution in [-0.4, -0.2) is 13.6 Å². The number of hydrogen-bond donors (Lipinski definition) is 0. The summed E-state index contributed by atoms with van der Waals surface area (Å²) in [5.41, 5.74) is 5.66. The van der Waals surface area contributed by atoms with E-state index >= 15 is 0 Å². The first kappa shape index (κ1) is 17.9. The van der Waals surface area contributed by atoms with Gasteiger partial charge in [-0.15, -0.1) is 0 Å². The zero-order chi connectivity index (χ0) is 13.5. The molecular weight excluding hydrogens is 393 g/mol. The van der Waals surface area contributed by atoms with Gasteiger partial charge in [0.2, 0.25) is 0 Å². The van der Waals surface area contributed by atoms with Crippen molar-refractivity contribution in [2.24, 2.45) is 0 Å². The molecule has 0 spiro atoms. The predicted molar refractivity (Wildman–Crippen MR) is 65.1 cm³/mol. The summed E-state index contributed by atoms with van der Waals surface area (Å²) in [5.74, 6) is 0. The second-order valence-corrected chi connectivity index (χ2v) is 4.53. The van der Waals surface area contributed by atoms with Gasteiger partial charge in [-0.3, -0.25) is 9.59 Å². The molecule has 1 aliphatic rings. The first-order chi connectivity index (χ1) is 8.88. The van der Waals surface area contributed by atoms with Crippen LogP contribution < -0.4 is 17.0 Å². The van der Waals surface area contributed by atoms with E-state index in [-0.39, 0.29) is 17.0 Å². The second-order valence-electron chi connectivity index (χ2n) is 3.52. The van der Waals surface area contributed by atoms with Crippen LogP contribution in [0.25, 0.3) is 11.1 Å². The molecule has 2 nitrogen and oxygen atoms in total. The number of halogens is 1. The maximum absolute atomic E-state index is 7.50. The number of rotatable bonds is 0. The Morgan fingerprint density at radius 3 is 1.42 bits per heavy atom. The molecule has 0 saturated heterocycles. The van der Waals surface area contributed by atoms with E-state index in [0.717, 1.165) is 0 Å². The average molecular weight is 402 g/mol. The van der Waals surface area contributed by atoms with E-state index in [1.165, 1.54) is 22.3 Å². The van der Waals surface area contributed by atoms with Crippen molar-refractivity contribution in [3.05, 3.63) is 59.7 Å². The average Bonchev–Trinajstić information content (AvgIpc) is 2.78. The summed E-state index contributed by atoms with van der Waals surface area (Å²) in [7, 11) is 0. The fourth-order valence-electron chi connectivity index (χ4n) is 2.08. The molecule has 96 valence electrons. The molecule has 4 radical (unpaired) electrons. The van der Waals surface area contributed by atoms with E-state index in [2.05, 4.69) is 80.4 Å². The molecule has 2 aromatic rings. The Bertz CT molecular complexity index is 484. The Balaban J connectivity index is 0.000000597. The molecule has 0 saturated carbocycles. The monoisotopic (exact) mass is 402 g/mol. The molecule has 3 rings (SSSR count). The Morgan fingerprint density at radius 1 is 0.737 bits per heavy atom. The SMILES string of the molecule is [Br-].[C]=O.[C]=O.[Ru+][CH]1c2ccccc2-c2ccccc21. The zero-order valence-corrected chi connectivity index (χ0v) is 13.1. The van der Waals surface area contributed by atoms with Crippen LogP contribution >= 0.6 is 0 Å². The number of hydrogen-bond acceptors (Lipinski definition) is 2. The van der Waals surface area contributed by atoms with Crippen LogP contribution in [0.4, 0.5) is 0 Å². The summed E-state index contributed by atoms with van der Waals surface area (Å²) in [5, 5.41) is 0. The molecule has 1 aliphatic carbocycles. The van der Waals surface area contributed by atoms with Gasteiger partial charge < -0.3 is 17.0 Å². The van der Waals surface area contributed by atoms with Crippen molar-refractivity contribution in [3.63, 3.8) is 0 Å². The third-order valence-electron chi connectivity index (χ3n) is 2.74. The van der Waals surface area contributed by atoms with Crippen LogP contribution in [0.3, 0.4) is 0 Å². The van der Waals surface area contributed by atoms with Crippen LogP contribution in [0, 0.1) is 0 Å². The summed E-state index contributed by atoms with van der Waals surface area (Å²) in [6.07, 6.45) is 0. The minimum atomic E-state index is 0. The third kappa shape index (κ3) is 3.46. The van der Waals surface area contributed by atoms with E-state index in [0.29, 0.717) is 4.51 Å². The molecular formula is C15H9BrO2Ru. The zero-order valence-electron chi connectivity index (χ0n) is 9.74. The third-order valence-corrected chi connectivity index (χ3v) is 3.82. The van der Waals surface area contributed by atoms with Gasteiger partial charge in [0.15, 0.2) is 0 Å². The van der Waals surface area contributed by atoms with Gasteiger partial charge in [0, 0.05) is 0 Å². The van der Waals surface area contributed by atoms with Crippen LogP contribution in [0.1, 0.15) is 15.6 Å². The normalized spacial score (nSPS) is 10.6. The van der Waals surface area contributed by atoms with Crippen LogP contribution in [-0.2, 0) is 27.9 Å². The number of benzene rings is 2. The van der Waals surface area contributed by atoms with Gasteiger partial charge in [-0.25, -0.2) is 0 Å². The molecule has 0 atom stereocenters. The number of carbonyl (C=O) groups excluding carboxylic acids is 2. The summed E-state index contributed by atoms with van der Waals surface area (Å²) in [4.78, 5) is 15.0. The summed E-state index contributed by atoms with van der Waals surface area (Å²) < 4.78 is 0.488. The first-order valence-corrected chi connectivity index (χ1v) is 6.10. The molecule has 0 fully saturated rings. The van der Waals surface area contributed by atoms with Gasteiger partial charge in [0.25, 0.3) is 13.6 Å². The van der Waals surface area contributed by atoms with Gasteiger partial charge in [-0.2, -0.15) is 0 Å². The van der Waals surface area contributed by atoms with Gasteiger partial charge in [-0.1, -0.05) is 0 Å². The van der Waals surface area contributed by atoms with Gasteiger partial charge in [0.1, 0.15) is 0 Å². The standard InChI is InChI=1S/C13H9.2CO.BrH.Ru/c1-3-7-12-10(5-1)9-11-6-2-4-8-13(11)12;2*1-2;;/h1-9H;;;1H;/q;;;;+1/p-1. The topological polar surface area (TPSA) is 34.1 Å². The van der Waals surface area contributed by atoms with Crippen molar-refractivity contribution in [3.8, 4) is 11.1 Å². The maximum atomic E-state index is 7.50. The van der Waals surface area contributed by atoms with Crippen molar-refractivity contribution in [1.82, 2.24) is 0 Å². The van der Waals surface area contributed by atoms with Crippen LogP contribution in [0.5, 0.6) is 0 Å². The van der Waals surface area contributed by atoms with Crippen LogP contribution in [0.2, 0.25) is 0 Å². The van der Waals surface area contributed by atoms with E-state index in [1.54, 1.807) is 0 Å². The molecule has 0 unspecified atom stereocenters. The van der Waals surface area contributed by atoms with Gasteiger partial charge in [-0.05, 0) is 0 Å². The van der Waals surface area contributed by atoms with Crippen molar-refractivity contribution in [2.45, 2.75) is 4.51 Å². The molecule has 0 amide bonds. The summed E-state index contributed by atoms with van der Waals surface area (Å²) in [6.45, 7) is 9.00. The molecule has 0 N–H and O–H groups in total. The predicted octanol–water partition coefficient (Wildman–Crippen LogP) is -0.487. The molecule has 2 aromatic carbocycles. The molecule has 19 heavy (non-hydrogen) atoms. The van der Waals surface area contributed by atoms with Gasteiger partial charge >= 0.3 is 93.6 Å². The van der Waals surface area contributed by atoms with Crippen molar-refractivity contribution >= 4 is 13.6 Å². The van der Waals surface area contributed by atoms with E-state index in [9.17, 15) is 0 Å². The molecule has 0 aliphatic heterocycles. The summed E-state index contributed by atoms with van der Waals surface area (Å²) in [6, 6.07) is 17.3. The Hall–Kier alpha value is -1.12. The van der Waals surface area contributed by atoms with E-state index in [4.69, 9.17) is 9.59 Å². The Morgan fingerprint density at radius 2 is 1.05 bits per heavy atom. The second kappa shape index (κ2) is 8.89. The Kier molecular flexibility index (Phi) is 8.37.